The summed E-state index contributed by atoms with van der Waals surface area (Å²) in [6, 6.07) is 11.5. The van der Waals surface area contributed by atoms with Gasteiger partial charge in [-0.1, -0.05) is 45.0 Å². The predicted molar refractivity (Wildman–Crippen MR) is 75.8 cm³/mol. The summed E-state index contributed by atoms with van der Waals surface area (Å²) in [5, 5.41) is 2.04. The maximum atomic E-state index is 11.5. The van der Waals surface area contributed by atoms with E-state index in [0.717, 1.165) is 10.8 Å². The topological polar surface area (TPSA) is 34.1 Å². The Kier molecular flexibility index (Phi) is 2.98. The van der Waals surface area contributed by atoms with Gasteiger partial charge in [-0.05, 0) is 33.9 Å². The lowest BCUT2D eigenvalue weighted by Gasteiger charge is -2.19. The van der Waals surface area contributed by atoms with Crippen LogP contribution in [0.4, 0.5) is 0 Å². The summed E-state index contributed by atoms with van der Waals surface area (Å²) in [6.45, 7) is 6.50. The minimum absolute atomic E-state index is 0.101. The molecule has 0 aliphatic carbocycles. The van der Waals surface area contributed by atoms with Gasteiger partial charge >= 0.3 is 0 Å². The van der Waals surface area contributed by atoms with E-state index in [1.54, 1.807) is 12.1 Å². The van der Waals surface area contributed by atoms with Crippen molar-refractivity contribution in [2.45, 2.75) is 31.1 Å². The van der Waals surface area contributed by atoms with Crippen LogP contribution in [0, 0.1) is 0 Å². The van der Waals surface area contributed by atoms with Crippen LogP contribution in [0.3, 0.4) is 0 Å². The van der Waals surface area contributed by atoms with Crippen molar-refractivity contribution >= 4 is 20.6 Å². The van der Waals surface area contributed by atoms with E-state index in [9.17, 15) is 8.42 Å². The largest absolute Gasteiger partial charge is 0.224 e. The quantitative estimate of drug-likeness (QED) is 0.787. The molecule has 0 saturated carbocycles. The van der Waals surface area contributed by atoms with Gasteiger partial charge < -0.3 is 0 Å². The summed E-state index contributed by atoms with van der Waals surface area (Å²) in [7, 11) is -3.13. The normalized spacial score (nSPS) is 12.9. The molecule has 2 nitrogen and oxygen atoms in total. The highest BCUT2D eigenvalue weighted by molar-refractivity contribution is 7.90. The average molecular weight is 262 g/mol. The molecule has 0 aromatic heterocycles. The fourth-order valence-corrected chi connectivity index (χ4v) is 2.58. The Hall–Kier alpha value is -1.35. The second kappa shape index (κ2) is 4.09. The zero-order chi connectivity index (χ0) is 13.6. The Morgan fingerprint density at radius 2 is 1.44 bits per heavy atom. The lowest BCUT2D eigenvalue weighted by Crippen LogP contribution is -2.10. The van der Waals surface area contributed by atoms with Crippen LogP contribution in [-0.2, 0) is 15.3 Å². The van der Waals surface area contributed by atoms with E-state index in [4.69, 9.17) is 0 Å². The summed E-state index contributed by atoms with van der Waals surface area (Å²) < 4.78 is 23.0. The van der Waals surface area contributed by atoms with E-state index in [0.29, 0.717) is 4.90 Å². The lowest BCUT2D eigenvalue weighted by atomic mass is 9.86. The number of fused-ring (bicyclic) bond motifs is 1. The first-order chi connectivity index (χ1) is 8.18. The first-order valence-electron chi connectivity index (χ1n) is 5.92. The number of hydrogen-bond donors (Lipinski definition) is 0. The van der Waals surface area contributed by atoms with Crippen LogP contribution < -0.4 is 0 Å². The molecule has 0 fully saturated rings. The van der Waals surface area contributed by atoms with Crippen LogP contribution in [0.15, 0.2) is 41.3 Å². The molecule has 0 atom stereocenters. The molecule has 0 saturated heterocycles. The number of sulfone groups is 1. The van der Waals surface area contributed by atoms with Crippen molar-refractivity contribution in [2.24, 2.45) is 0 Å². The average Bonchev–Trinajstić information content (AvgIpc) is 2.25. The molecule has 0 N–H and O–H groups in total. The fourth-order valence-electron chi connectivity index (χ4n) is 1.92. The van der Waals surface area contributed by atoms with E-state index in [1.165, 1.54) is 11.8 Å². The third kappa shape index (κ3) is 2.56. The van der Waals surface area contributed by atoms with Crippen molar-refractivity contribution in [1.82, 2.24) is 0 Å². The van der Waals surface area contributed by atoms with E-state index in [-0.39, 0.29) is 5.41 Å². The molecule has 3 heteroatoms. The molecule has 0 aliphatic rings. The minimum Gasteiger partial charge on any atom is -0.224 e. The van der Waals surface area contributed by atoms with Gasteiger partial charge in [0.15, 0.2) is 9.84 Å². The van der Waals surface area contributed by atoms with Gasteiger partial charge in [-0.25, -0.2) is 8.42 Å². The number of hydrogen-bond acceptors (Lipinski definition) is 2. The van der Waals surface area contributed by atoms with Crippen molar-refractivity contribution in [3.05, 3.63) is 42.0 Å². The van der Waals surface area contributed by atoms with Crippen LogP contribution in [0.5, 0.6) is 0 Å². The van der Waals surface area contributed by atoms with Gasteiger partial charge in [0.05, 0.1) is 4.90 Å². The first kappa shape index (κ1) is 13.1. The van der Waals surface area contributed by atoms with Crippen LogP contribution in [0.1, 0.15) is 26.3 Å². The minimum atomic E-state index is -3.13. The molecule has 2 aromatic carbocycles. The molecule has 0 amide bonds. The van der Waals surface area contributed by atoms with Crippen molar-refractivity contribution in [2.75, 3.05) is 6.26 Å². The number of rotatable bonds is 1. The molecule has 0 bridgehead atoms. The van der Waals surface area contributed by atoms with Crippen LogP contribution in [0.2, 0.25) is 0 Å². The third-order valence-electron chi connectivity index (χ3n) is 3.11. The van der Waals surface area contributed by atoms with E-state index < -0.39 is 9.84 Å². The van der Waals surface area contributed by atoms with Crippen LogP contribution in [0.25, 0.3) is 10.8 Å². The van der Waals surface area contributed by atoms with Gasteiger partial charge in [-0.2, -0.15) is 0 Å². The van der Waals surface area contributed by atoms with Gasteiger partial charge in [-0.15, -0.1) is 0 Å². The van der Waals surface area contributed by atoms with Crippen LogP contribution in [-0.4, -0.2) is 14.7 Å². The summed E-state index contributed by atoms with van der Waals surface area (Å²) in [4.78, 5) is 0.374. The summed E-state index contributed by atoms with van der Waals surface area (Å²) in [5.41, 5.74) is 1.35. The molecule has 0 aliphatic heterocycles. The Balaban J connectivity index is 2.63. The standard InChI is InChI=1S/C15H18O2S/c1-15(2,3)13-7-5-12-10-14(18(4,16)17)8-6-11(12)9-13/h5-10H,1-4H3. The van der Waals surface area contributed by atoms with Crippen molar-refractivity contribution in [3.8, 4) is 0 Å². The fraction of sp³-hybridized carbons (Fsp3) is 0.333. The summed E-state index contributed by atoms with van der Waals surface area (Å²) in [6.07, 6.45) is 1.23. The molecule has 18 heavy (non-hydrogen) atoms. The highest BCUT2D eigenvalue weighted by atomic mass is 32.2. The van der Waals surface area contributed by atoms with E-state index in [2.05, 4.69) is 32.9 Å². The van der Waals surface area contributed by atoms with E-state index >= 15 is 0 Å². The third-order valence-corrected chi connectivity index (χ3v) is 4.22. The molecule has 0 heterocycles. The monoisotopic (exact) mass is 262 g/mol. The maximum Gasteiger partial charge on any atom is 0.175 e. The molecule has 0 radical (unpaired) electrons. The summed E-state index contributed by atoms with van der Waals surface area (Å²) in [5.74, 6) is 0. The lowest BCUT2D eigenvalue weighted by molar-refractivity contribution is 0.591. The summed E-state index contributed by atoms with van der Waals surface area (Å²) >= 11 is 0. The van der Waals surface area contributed by atoms with Crippen molar-refractivity contribution < 1.29 is 8.42 Å². The SMILES string of the molecule is CC(C)(C)c1ccc2cc(S(C)(=O)=O)ccc2c1. The Morgan fingerprint density at radius 3 is 2.00 bits per heavy atom. The zero-order valence-corrected chi connectivity index (χ0v) is 12.0. The van der Waals surface area contributed by atoms with Gasteiger partial charge in [0.2, 0.25) is 0 Å². The molecule has 2 rings (SSSR count). The van der Waals surface area contributed by atoms with Gasteiger partial charge in [0.1, 0.15) is 0 Å². The molecule has 0 unspecified atom stereocenters. The highest BCUT2D eigenvalue weighted by Gasteiger charge is 2.14. The molecular formula is C15H18O2S. The maximum absolute atomic E-state index is 11.5. The van der Waals surface area contributed by atoms with E-state index in [1.807, 2.05) is 12.1 Å². The second-order valence-electron chi connectivity index (χ2n) is 5.75. The molecule has 96 valence electrons. The van der Waals surface area contributed by atoms with Crippen molar-refractivity contribution in [1.29, 1.82) is 0 Å². The molecular weight excluding hydrogens is 244 g/mol. The predicted octanol–water partition coefficient (Wildman–Crippen LogP) is 3.54. The number of benzene rings is 2. The van der Waals surface area contributed by atoms with Crippen LogP contribution >= 0.6 is 0 Å². The smallest absolute Gasteiger partial charge is 0.175 e. The van der Waals surface area contributed by atoms with Gasteiger partial charge in [-0.3, -0.25) is 0 Å². The molecule has 0 spiro atoms. The van der Waals surface area contributed by atoms with Gasteiger partial charge in [0.25, 0.3) is 0 Å². The van der Waals surface area contributed by atoms with Crippen molar-refractivity contribution in [3.63, 3.8) is 0 Å². The first-order valence-corrected chi connectivity index (χ1v) is 7.81. The second-order valence-corrected chi connectivity index (χ2v) is 7.76. The molecule has 2 aromatic rings. The Morgan fingerprint density at radius 1 is 0.889 bits per heavy atom. The Labute approximate surface area is 109 Å². The Bertz CT molecular complexity index is 692. The highest BCUT2D eigenvalue weighted by Crippen LogP contribution is 2.27. The zero-order valence-electron chi connectivity index (χ0n) is 11.2. The van der Waals surface area contributed by atoms with Gasteiger partial charge in [0, 0.05) is 6.26 Å².